The number of carbonyl (C=O) groups is 1. The SMILES string of the molecule is C=C(C)C(=O)Oc1cc(-c2ccc(-c3ccc(C4CCC(CCCCC)CC4)cc3)cc2F)ccc1CCCO. The standard InChI is InChI=1S/C36H43FO3/c1-4-5-6-8-26-10-12-27(13-11-26)28-14-16-29(17-15-28)31-20-21-33(34(37)23-31)32-19-18-30(9-7-22-38)35(24-32)40-36(39)25(2)3/h14-21,23-24,26-27,38H,2,4-13,22H2,1,3H3. The summed E-state index contributed by atoms with van der Waals surface area (Å²) in [7, 11) is 0. The summed E-state index contributed by atoms with van der Waals surface area (Å²) in [5, 5.41) is 9.23. The number of aryl methyl sites for hydroxylation is 1. The molecule has 1 fully saturated rings. The Morgan fingerprint density at radius 3 is 2.27 bits per heavy atom. The lowest BCUT2D eigenvalue weighted by Gasteiger charge is -2.29. The van der Waals surface area contributed by atoms with Gasteiger partial charge in [0.1, 0.15) is 11.6 Å². The largest absolute Gasteiger partial charge is 0.423 e. The van der Waals surface area contributed by atoms with E-state index in [1.807, 2.05) is 18.2 Å². The number of ether oxygens (including phenoxy) is 1. The maximum Gasteiger partial charge on any atom is 0.338 e. The van der Waals surface area contributed by atoms with Crippen molar-refractivity contribution in [1.82, 2.24) is 0 Å². The van der Waals surface area contributed by atoms with Gasteiger partial charge < -0.3 is 9.84 Å². The molecule has 0 heterocycles. The Kier molecular flexibility index (Phi) is 10.7. The second-order valence-corrected chi connectivity index (χ2v) is 11.3. The van der Waals surface area contributed by atoms with E-state index >= 15 is 4.39 Å². The van der Waals surface area contributed by atoms with Crippen molar-refractivity contribution in [1.29, 1.82) is 0 Å². The van der Waals surface area contributed by atoms with E-state index in [0.29, 0.717) is 35.6 Å². The minimum absolute atomic E-state index is 0.0347. The summed E-state index contributed by atoms with van der Waals surface area (Å²) >= 11 is 0. The van der Waals surface area contributed by atoms with Gasteiger partial charge in [0.25, 0.3) is 0 Å². The zero-order valence-corrected chi connectivity index (χ0v) is 24.1. The minimum atomic E-state index is -0.526. The molecule has 1 aliphatic rings. The summed E-state index contributed by atoms with van der Waals surface area (Å²) in [4.78, 5) is 12.2. The molecule has 1 N–H and O–H groups in total. The summed E-state index contributed by atoms with van der Waals surface area (Å²) in [6.45, 7) is 7.54. The number of rotatable bonds is 12. The van der Waals surface area contributed by atoms with Crippen LogP contribution in [0.1, 0.15) is 88.7 Å². The summed E-state index contributed by atoms with van der Waals surface area (Å²) < 4.78 is 21.0. The highest BCUT2D eigenvalue weighted by atomic mass is 19.1. The first-order valence-electron chi connectivity index (χ1n) is 14.9. The first-order chi connectivity index (χ1) is 19.4. The number of halogens is 1. The Hall–Kier alpha value is -3.24. The fourth-order valence-electron chi connectivity index (χ4n) is 5.82. The quantitative estimate of drug-likeness (QED) is 0.107. The second kappa shape index (κ2) is 14.4. The van der Waals surface area contributed by atoms with E-state index in [-0.39, 0.29) is 18.0 Å². The Morgan fingerprint density at radius 2 is 1.62 bits per heavy atom. The highest BCUT2D eigenvalue weighted by Gasteiger charge is 2.22. The lowest BCUT2D eigenvalue weighted by atomic mass is 9.77. The molecule has 0 saturated heterocycles. The number of benzene rings is 3. The summed E-state index contributed by atoms with van der Waals surface area (Å²) in [6.07, 6.45) is 11.7. The number of esters is 1. The Bertz CT molecular complexity index is 1290. The van der Waals surface area contributed by atoms with Gasteiger partial charge in [0.15, 0.2) is 0 Å². The number of aliphatic hydroxyl groups is 1. The number of unbranched alkanes of at least 4 members (excludes halogenated alkanes) is 2. The molecule has 0 unspecified atom stereocenters. The zero-order chi connectivity index (χ0) is 28.5. The van der Waals surface area contributed by atoms with Crippen LogP contribution in [0.3, 0.4) is 0 Å². The van der Waals surface area contributed by atoms with Gasteiger partial charge in [-0.1, -0.05) is 87.7 Å². The Labute approximate surface area is 239 Å². The fourth-order valence-corrected chi connectivity index (χ4v) is 5.82. The number of hydrogen-bond donors (Lipinski definition) is 1. The van der Waals surface area contributed by atoms with Crippen LogP contribution in [0.4, 0.5) is 4.39 Å². The van der Waals surface area contributed by atoms with Gasteiger partial charge >= 0.3 is 5.97 Å². The first-order valence-corrected chi connectivity index (χ1v) is 14.9. The van der Waals surface area contributed by atoms with Crippen molar-refractivity contribution in [2.45, 2.75) is 84.0 Å². The van der Waals surface area contributed by atoms with E-state index in [9.17, 15) is 9.90 Å². The summed E-state index contributed by atoms with van der Waals surface area (Å²) in [5.41, 5.74) is 5.37. The predicted molar refractivity (Wildman–Crippen MR) is 162 cm³/mol. The molecule has 0 aromatic heterocycles. The minimum Gasteiger partial charge on any atom is -0.423 e. The molecule has 40 heavy (non-hydrogen) atoms. The maximum absolute atomic E-state index is 15.4. The van der Waals surface area contributed by atoms with Crippen LogP contribution in [0.25, 0.3) is 22.3 Å². The van der Waals surface area contributed by atoms with Crippen LogP contribution in [0.5, 0.6) is 5.75 Å². The summed E-state index contributed by atoms with van der Waals surface area (Å²) in [6, 6.07) is 19.3. The Balaban J connectivity index is 1.47. The number of carbonyl (C=O) groups excluding carboxylic acids is 1. The molecule has 3 aromatic rings. The van der Waals surface area contributed by atoms with Crippen LogP contribution in [0.2, 0.25) is 0 Å². The van der Waals surface area contributed by atoms with Crippen molar-refractivity contribution in [2.75, 3.05) is 6.61 Å². The lowest BCUT2D eigenvalue weighted by molar-refractivity contribution is -0.130. The zero-order valence-electron chi connectivity index (χ0n) is 24.1. The van der Waals surface area contributed by atoms with E-state index in [0.717, 1.165) is 22.6 Å². The molecule has 0 spiro atoms. The number of aliphatic hydroxyl groups excluding tert-OH is 1. The molecule has 3 aromatic carbocycles. The molecule has 3 nitrogen and oxygen atoms in total. The number of hydrogen-bond acceptors (Lipinski definition) is 3. The second-order valence-electron chi connectivity index (χ2n) is 11.3. The normalized spacial score (nSPS) is 17.0. The van der Waals surface area contributed by atoms with Crippen molar-refractivity contribution in [2.24, 2.45) is 5.92 Å². The van der Waals surface area contributed by atoms with Gasteiger partial charge in [-0.2, -0.15) is 0 Å². The smallest absolute Gasteiger partial charge is 0.338 e. The third kappa shape index (κ3) is 7.69. The monoisotopic (exact) mass is 542 g/mol. The van der Waals surface area contributed by atoms with Gasteiger partial charge in [-0.05, 0) is 97.2 Å². The van der Waals surface area contributed by atoms with E-state index in [1.165, 1.54) is 56.9 Å². The third-order valence-corrected chi connectivity index (χ3v) is 8.28. The molecule has 0 aliphatic heterocycles. The van der Waals surface area contributed by atoms with E-state index in [1.54, 1.807) is 25.1 Å². The van der Waals surface area contributed by atoms with Crippen LogP contribution >= 0.6 is 0 Å². The van der Waals surface area contributed by atoms with Gasteiger partial charge in [-0.3, -0.25) is 0 Å². The molecule has 1 aliphatic carbocycles. The fraction of sp³-hybridized carbons (Fsp3) is 0.417. The van der Waals surface area contributed by atoms with Crippen molar-refractivity contribution < 1.29 is 19.0 Å². The molecule has 0 amide bonds. The third-order valence-electron chi connectivity index (χ3n) is 8.28. The van der Waals surface area contributed by atoms with Gasteiger partial charge in [-0.15, -0.1) is 0 Å². The van der Waals surface area contributed by atoms with Crippen molar-refractivity contribution >= 4 is 5.97 Å². The highest BCUT2D eigenvalue weighted by molar-refractivity contribution is 5.89. The van der Waals surface area contributed by atoms with Crippen LogP contribution in [0.15, 0.2) is 72.8 Å². The van der Waals surface area contributed by atoms with Crippen LogP contribution in [-0.4, -0.2) is 17.7 Å². The van der Waals surface area contributed by atoms with Crippen molar-refractivity contribution in [3.05, 3.63) is 89.8 Å². The van der Waals surface area contributed by atoms with Crippen LogP contribution < -0.4 is 4.74 Å². The van der Waals surface area contributed by atoms with Gasteiger partial charge in [0.2, 0.25) is 0 Å². The van der Waals surface area contributed by atoms with E-state index in [2.05, 4.69) is 37.8 Å². The maximum atomic E-state index is 15.4. The van der Waals surface area contributed by atoms with Crippen LogP contribution in [0, 0.1) is 11.7 Å². The predicted octanol–water partition coefficient (Wildman–Crippen LogP) is 9.42. The molecule has 0 bridgehead atoms. The highest BCUT2D eigenvalue weighted by Crippen LogP contribution is 2.39. The first kappa shape index (κ1) is 29.7. The molecule has 212 valence electrons. The van der Waals surface area contributed by atoms with Crippen molar-refractivity contribution in [3.63, 3.8) is 0 Å². The Morgan fingerprint density at radius 1 is 0.925 bits per heavy atom. The lowest BCUT2D eigenvalue weighted by Crippen LogP contribution is -2.13. The van der Waals surface area contributed by atoms with Gasteiger partial charge in [-0.25, -0.2) is 9.18 Å². The average molecular weight is 543 g/mol. The molecule has 4 rings (SSSR count). The average Bonchev–Trinajstić information content (AvgIpc) is 2.97. The van der Waals surface area contributed by atoms with Crippen molar-refractivity contribution in [3.8, 4) is 28.0 Å². The van der Waals surface area contributed by atoms with Crippen LogP contribution in [-0.2, 0) is 11.2 Å². The van der Waals surface area contributed by atoms with Gasteiger partial charge in [0, 0.05) is 17.7 Å². The molecule has 0 radical (unpaired) electrons. The van der Waals surface area contributed by atoms with E-state index < -0.39 is 5.97 Å². The summed E-state index contributed by atoms with van der Waals surface area (Å²) in [5.74, 6) is 1.04. The topological polar surface area (TPSA) is 46.5 Å². The molecule has 1 saturated carbocycles. The van der Waals surface area contributed by atoms with E-state index in [4.69, 9.17) is 4.74 Å². The molecular weight excluding hydrogens is 499 g/mol. The molecular formula is C36H43FO3. The van der Waals surface area contributed by atoms with Gasteiger partial charge in [0.05, 0.1) is 0 Å². The molecule has 4 heteroatoms. The molecule has 0 atom stereocenters.